The highest BCUT2D eigenvalue weighted by Gasteiger charge is 2.26. The van der Waals surface area contributed by atoms with Crippen LogP contribution >= 0.6 is 0 Å². The average Bonchev–Trinajstić information content (AvgIpc) is 2.72. The van der Waals surface area contributed by atoms with Crippen molar-refractivity contribution in [1.29, 1.82) is 0 Å². The van der Waals surface area contributed by atoms with Crippen LogP contribution in [-0.2, 0) is 17.6 Å². The maximum Gasteiger partial charge on any atom is 0.224 e. The first kappa shape index (κ1) is 14.6. The van der Waals surface area contributed by atoms with Gasteiger partial charge in [-0.25, -0.2) is 0 Å². The molecular formula is C18H26N2O. The molecule has 2 atom stereocenters. The van der Waals surface area contributed by atoms with E-state index in [1.807, 2.05) is 0 Å². The molecule has 0 radical (unpaired) electrons. The van der Waals surface area contributed by atoms with Gasteiger partial charge in [0.2, 0.25) is 5.91 Å². The minimum Gasteiger partial charge on any atom is -0.342 e. The molecule has 1 saturated heterocycles. The smallest absolute Gasteiger partial charge is 0.224 e. The number of fused-ring (bicyclic) bond motifs is 1. The fraction of sp³-hybridized carbons (Fsp3) is 0.611. The van der Waals surface area contributed by atoms with E-state index in [1.165, 1.54) is 24.0 Å². The molecule has 0 aromatic heterocycles. The molecular weight excluding hydrogens is 260 g/mol. The minimum atomic E-state index is 0.328. The summed E-state index contributed by atoms with van der Waals surface area (Å²) in [5.41, 5.74) is 2.83. The lowest BCUT2D eigenvalue weighted by Gasteiger charge is -2.31. The Morgan fingerprint density at radius 2 is 1.90 bits per heavy atom. The van der Waals surface area contributed by atoms with Crippen molar-refractivity contribution < 1.29 is 4.79 Å². The quantitative estimate of drug-likeness (QED) is 0.905. The molecule has 1 amide bonds. The van der Waals surface area contributed by atoms with Gasteiger partial charge in [-0.15, -0.1) is 0 Å². The summed E-state index contributed by atoms with van der Waals surface area (Å²) in [4.78, 5) is 14.7. The lowest BCUT2D eigenvalue weighted by Crippen LogP contribution is -2.45. The third kappa shape index (κ3) is 3.46. The number of nitrogens with one attached hydrogen (secondary N) is 1. The number of piperidine rings is 1. The van der Waals surface area contributed by atoms with E-state index in [1.54, 1.807) is 0 Å². The fourth-order valence-corrected chi connectivity index (χ4v) is 3.62. The molecule has 1 aromatic rings. The average molecular weight is 286 g/mol. The predicted molar refractivity (Wildman–Crippen MR) is 85.2 cm³/mol. The van der Waals surface area contributed by atoms with Crippen LogP contribution in [0.2, 0.25) is 0 Å². The van der Waals surface area contributed by atoms with E-state index in [0.29, 0.717) is 24.3 Å². The van der Waals surface area contributed by atoms with Crippen LogP contribution in [0.15, 0.2) is 24.3 Å². The van der Waals surface area contributed by atoms with Crippen molar-refractivity contribution in [1.82, 2.24) is 10.2 Å². The zero-order valence-electron chi connectivity index (χ0n) is 13.0. The van der Waals surface area contributed by atoms with Crippen LogP contribution in [0.25, 0.3) is 0 Å². The molecule has 2 heterocycles. The van der Waals surface area contributed by atoms with Crippen LogP contribution in [0.3, 0.4) is 0 Å². The molecule has 21 heavy (non-hydrogen) atoms. The van der Waals surface area contributed by atoms with Gasteiger partial charge in [0.25, 0.3) is 0 Å². The van der Waals surface area contributed by atoms with Gasteiger partial charge in [0, 0.05) is 25.6 Å². The number of carbonyl (C=O) groups is 1. The van der Waals surface area contributed by atoms with Crippen molar-refractivity contribution >= 4 is 5.91 Å². The Hall–Kier alpha value is -1.35. The van der Waals surface area contributed by atoms with Crippen LogP contribution in [-0.4, -0.2) is 36.5 Å². The van der Waals surface area contributed by atoms with Crippen LogP contribution in [0.4, 0.5) is 0 Å². The lowest BCUT2D eigenvalue weighted by molar-refractivity contribution is -0.132. The fourth-order valence-electron chi connectivity index (χ4n) is 3.62. The second kappa shape index (κ2) is 6.61. The highest BCUT2D eigenvalue weighted by atomic mass is 16.2. The van der Waals surface area contributed by atoms with Crippen molar-refractivity contribution in [2.24, 2.45) is 5.92 Å². The van der Waals surface area contributed by atoms with Gasteiger partial charge in [-0.05, 0) is 49.3 Å². The van der Waals surface area contributed by atoms with Crippen LogP contribution in [0.5, 0.6) is 0 Å². The molecule has 3 nitrogen and oxygen atoms in total. The Bertz CT molecular complexity index is 473. The first-order valence-electron chi connectivity index (χ1n) is 8.32. The Labute approximate surface area is 127 Å². The van der Waals surface area contributed by atoms with Gasteiger partial charge in [0.15, 0.2) is 0 Å². The number of benzene rings is 1. The molecule has 0 spiro atoms. The molecule has 114 valence electrons. The predicted octanol–water partition coefficient (Wildman–Crippen LogP) is 2.39. The summed E-state index contributed by atoms with van der Waals surface area (Å²) in [5.74, 6) is 0.945. The Kier molecular flexibility index (Phi) is 4.59. The molecule has 2 aliphatic rings. The summed E-state index contributed by atoms with van der Waals surface area (Å²) in [7, 11) is 0. The van der Waals surface area contributed by atoms with E-state index in [4.69, 9.17) is 0 Å². The lowest BCUT2D eigenvalue weighted by atomic mass is 9.90. The highest BCUT2D eigenvalue weighted by Crippen LogP contribution is 2.20. The van der Waals surface area contributed by atoms with Crippen molar-refractivity contribution in [3.63, 3.8) is 0 Å². The van der Waals surface area contributed by atoms with Crippen LogP contribution in [0.1, 0.15) is 37.3 Å². The standard InChI is InChI=1S/C18H26N2O/c1-14-5-4-10-19-17(14)13-18(21)20-11-8-15-6-2-3-7-16(15)9-12-20/h2-3,6-7,14,17,19H,4-5,8-13H2,1H3. The number of carbonyl (C=O) groups excluding carboxylic acids is 1. The zero-order valence-corrected chi connectivity index (χ0v) is 13.0. The molecule has 0 bridgehead atoms. The zero-order chi connectivity index (χ0) is 14.7. The van der Waals surface area contributed by atoms with Gasteiger partial charge in [0.1, 0.15) is 0 Å². The van der Waals surface area contributed by atoms with Crippen molar-refractivity contribution in [3.8, 4) is 0 Å². The van der Waals surface area contributed by atoms with E-state index in [-0.39, 0.29) is 0 Å². The number of nitrogens with zero attached hydrogens (tertiary/aromatic N) is 1. The van der Waals surface area contributed by atoms with Crippen molar-refractivity contribution in [2.45, 2.75) is 45.1 Å². The summed E-state index contributed by atoms with van der Waals surface area (Å²) in [6.07, 6.45) is 5.14. The van der Waals surface area contributed by atoms with Gasteiger partial charge >= 0.3 is 0 Å². The molecule has 2 unspecified atom stereocenters. The molecule has 0 saturated carbocycles. The molecule has 0 aliphatic carbocycles. The van der Waals surface area contributed by atoms with Crippen LogP contribution in [0, 0.1) is 5.92 Å². The van der Waals surface area contributed by atoms with E-state index in [9.17, 15) is 4.79 Å². The van der Waals surface area contributed by atoms with Gasteiger partial charge in [-0.2, -0.15) is 0 Å². The van der Waals surface area contributed by atoms with Gasteiger partial charge in [-0.3, -0.25) is 4.79 Å². The summed E-state index contributed by atoms with van der Waals surface area (Å²) in [5, 5.41) is 3.52. The van der Waals surface area contributed by atoms with E-state index < -0.39 is 0 Å². The molecule has 2 aliphatic heterocycles. The topological polar surface area (TPSA) is 32.3 Å². The molecule has 1 N–H and O–H groups in total. The number of rotatable bonds is 2. The number of amides is 1. The third-order valence-corrected chi connectivity index (χ3v) is 5.10. The Morgan fingerprint density at radius 1 is 1.24 bits per heavy atom. The second-order valence-electron chi connectivity index (χ2n) is 6.53. The van der Waals surface area contributed by atoms with Gasteiger partial charge < -0.3 is 10.2 Å². The number of hydrogen-bond donors (Lipinski definition) is 1. The number of hydrogen-bond acceptors (Lipinski definition) is 2. The van der Waals surface area contributed by atoms with E-state index >= 15 is 0 Å². The van der Waals surface area contributed by atoms with Crippen LogP contribution < -0.4 is 5.32 Å². The Balaban J connectivity index is 1.59. The first-order valence-corrected chi connectivity index (χ1v) is 8.32. The normalized spacial score (nSPS) is 26.0. The van der Waals surface area contributed by atoms with Crippen molar-refractivity contribution in [3.05, 3.63) is 35.4 Å². The molecule has 1 fully saturated rings. The minimum absolute atomic E-state index is 0.328. The van der Waals surface area contributed by atoms with Gasteiger partial charge in [0.05, 0.1) is 0 Å². The summed E-state index contributed by atoms with van der Waals surface area (Å²) in [6.45, 7) is 5.07. The van der Waals surface area contributed by atoms with E-state index in [0.717, 1.165) is 32.5 Å². The van der Waals surface area contributed by atoms with E-state index in [2.05, 4.69) is 41.4 Å². The highest BCUT2D eigenvalue weighted by molar-refractivity contribution is 5.77. The third-order valence-electron chi connectivity index (χ3n) is 5.10. The van der Waals surface area contributed by atoms with Gasteiger partial charge in [-0.1, -0.05) is 31.2 Å². The molecule has 1 aromatic carbocycles. The first-order chi connectivity index (χ1) is 10.2. The summed E-state index contributed by atoms with van der Waals surface area (Å²) >= 11 is 0. The maximum atomic E-state index is 12.6. The summed E-state index contributed by atoms with van der Waals surface area (Å²) in [6, 6.07) is 8.98. The Morgan fingerprint density at radius 3 is 2.52 bits per heavy atom. The maximum absolute atomic E-state index is 12.6. The SMILES string of the molecule is CC1CCCNC1CC(=O)N1CCc2ccccc2CC1. The summed E-state index contributed by atoms with van der Waals surface area (Å²) < 4.78 is 0. The second-order valence-corrected chi connectivity index (χ2v) is 6.53. The molecule has 3 rings (SSSR count). The largest absolute Gasteiger partial charge is 0.342 e. The monoisotopic (exact) mass is 286 g/mol. The molecule has 3 heteroatoms. The van der Waals surface area contributed by atoms with Crippen molar-refractivity contribution in [2.75, 3.05) is 19.6 Å².